The summed E-state index contributed by atoms with van der Waals surface area (Å²) in [6, 6.07) is 12.5. The van der Waals surface area contributed by atoms with Gasteiger partial charge in [-0.2, -0.15) is 0 Å². The van der Waals surface area contributed by atoms with Crippen LogP contribution >= 0.6 is 0 Å². The fourth-order valence-electron chi connectivity index (χ4n) is 4.82. The molecule has 0 bridgehead atoms. The number of nitrogens with zero attached hydrogens (tertiary/aromatic N) is 1. The van der Waals surface area contributed by atoms with Crippen LogP contribution in [0.5, 0.6) is 11.5 Å². The lowest BCUT2D eigenvalue weighted by molar-refractivity contribution is -0.124. The van der Waals surface area contributed by atoms with Crippen LogP contribution < -0.4 is 19.7 Å². The number of rotatable bonds is 5. The zero-order valence-corrected chi connectivity index (χ0v) is 19.3. The number of ether oxygens (including phenoxy) is 2. The van der Waals surface area contributed by atoms with Crippen LogP contribution in [0.4, 0.5) is 5.69 Å². The second-order valence-corrected chi connectivity index (χ2v) is 9.27. The number of carbonyl (C=O) groups excluding carboxylic acids is 1. The summed E-state index contributed by atoms with van der Waals surface area (Å²) in [5, 5.41) is 3.33. The van der Waals surface area contributed by atoms with Crippen LogP contribution in [0.2, 0.25) is 0 Å². The van der Waals surface area contributed by atoms with Crippen LogP contribution in [-0.4, -0.2) is 31.3 Å². The van der Waals surface area contributed by atoms with E-state index in [1.807, 2.05) is 32.0 Å². The SMILES string of the molecule is COc1cc(C=CC23NC(=O)CCN2c2ccc(C)cc2C3(C)C)ccc1OC(C)C. The zero-order valence-electron chi connectivity index (χ0n) is 19.3. The Kier molecular flexibility index (Phi) is 5.24. The van der Waals surface area contributed by atoms with Gasteiger partial charge in [0.05, 0.1) is 13.2 Å². The molecule has 1 N–H and O–H groups in total. The number of carbonyl (C=O) groups is 1. The van der Waals surface area contributed by atoms with E-state index < -0.39 is 5.66 Å². The highest BCUT2D eigenvalue weighted by atomic mass is 16.5. The van der Waals surface area contributed by atoms with Crippen molar-refractivity contribution in [1.82, 2.24) is 5.32 Å². The lowest BCUT2D eigenvalue weighted by atomic mass is 9.74. The molecule has 0 radical (unpaired) electrons. The fourth-order valence-corrected chi connectivity index (χ4v) is 4.82. The first-order chi connectivity index (χ1) is 14.7. The van der Waals surface area contributed by atoms with Crippen LogP contribution in [0, 0.1) is 6.92 Å². The molecule has 5 heteroatoms. The van der Waals surface area contributed by atoms with Gasteiger partial charge in [-0.05, 0) is 56.2 Å². The molecule has 2 aliphatic heterocycles. The van der Waals surface area contributed by atoms with Crippen LogP contribution in [0.25, 0.3) is 6.08 Å². The molecular formula is C26H32N2O3. The number of methoxy groups -OCH3 is 1. The van der Waals surface area contributed by atoms with Gasteiger partial charge >= 0.3 is 0 Å². The molecule has 2 aromatic rings. The summed E-state index contributed by atoms with van der Waals surface area (Å²) in [4.78, 5) is 14.9. The number of hydrogen-bond donors (Lipinski definition) is 1. The van der Waals surface area contributed by atoms with Crippen molar-refractivity contribution >= 4 is 17.7 Å². The quantitative estimate of drug-likeness (QED) is 0.754. The number of anilines is 1. The first kappa shape index (κ1) is 21.3. The molecule has 2 aromatic carbocycles. The van der Waals surface area contributed by atoms with Gasteiger partial charge in [0.2, 0.25) is 5.91 Å². The highest BCUT2D eigenvalue weighted by molar-refractivity contribution is 5.84. The van der Waals surface area contributed by atoms with Crippen molar-refractivity contribution in [1.29, 1.82) is 0 Å². The summed E-state index contributed by atoms with van der Waals surface area (Å²) in [6.45, 7) is 11.2. The van der Waals surface area contributed by atoms with Gasteiger partial charge in [-0.15, -0.1) is 0 Å². The van der Waals surface area contributed by atoms with Crippen LogP contribution in [-0.2, 0) is 10.2 Å². The normalized spacial score (nSPS) is 21.8. The molecule has 1 saturated heterocycles. The Morgan fingerprint density at radius 2 is 1.90 bits per heavy atom. The van der Waals surface area contributed by atoms with Crippen molar-refractivity contribution in [3.63, 3.8) is 0 Å². The van der Waals surface area contributed by atoms with Crippen molar-refractivity contribution in [2.24, 2.45) is 0 Å². The summed E-state index contributed by atoms with van der Waals surface area (Å²) >= 11 is 0. The molecule has 4 rings (SSSR count). The van der Waals surface area contributed by atoms with E-state index in [1.165, 1.54) is 16.8 Å². The highest BCUT2D eigenvalue weighted by Gasteiger charge is 2.57. The summed E-state index contributed by atoms with van der Waals surface area (Å²) < 4.78 is 11.4. The number of nitrogens with one attached hydrogen (secondary N) is 1. The predicted molar refractivity (Wildman–Crippen MR) is 125 cm³/mol. The Morgan fingerprint density at radius 1 is 1.13 bits per heavy atom. The van der Waals surface area contributed by atoms with Crippen LogP contribution in [0.15, 0.2) is 42.5 Å². The molecule has 164 valence electrons. The van der Waals surface area contributed by atoms with E-state index >= 15 is 0 Å². The Morgan fingerprint density at radius 3 is 2.61 bits per heavy atom. The first-order valence-corrected chi connectivity index (χ1v) is 10.9. The minimum Gasteiger partial charge on any atom is -0.493 e. The van der Waals surface area contributed by atoms with Gasteiger partial charge in [-0.3, -0.25) is 4.79 Å². The zero-order chi connectivity index (χ0) is 22.4. The third-order valence-corrected chi connectivity index (χ3v) is 6.45. The first-order valence-electron chi connectivity index (χ1n) is 10.9. The maximum absolute atomic E-state index is 12.6. The molecule has 1 amide bonds. The average Bonchev–Trinajstić information content (AvgIpc) is 2.90. The van der Waals surface area contributed by atoms with Gasteiger partial charge in [0, 0.05) is 24.1 Å². The molecule has 1 atom stereocenters. The van der Waals surface area contributed by atoms with Crippen molar-refractivity contribution in [3.05, 3.63) is 59.2 Å². The van der Waals surface area contributed by atoms with E-state index in [9.17, 15) is 4.79 Å². The topological polar surface area (TPSA) is 50.8 Å². The number of benzene rings is 2. The van der Waals surface area contributed by atoms with Gasteiger partial charge in [0.1, 0.15) is 5.66 Å². The van der Waals surface area contributed by atoms with Crippen LogP contribution in [0.3, 0.4) is 0 Å². The Hall–Kier alpha value is -2.95. The van der Waals surface area contributed by atoms with Crippen molar-refractivity contribution in [2.45, 2.75) is 58.2 Å². The fraction of sp³-hybridized carbons (Fsp3) is 0.423. The summed E-state index contributed by atoms with van der Waals surface area (Å²) in [5.74, 6) is 1.50. The Balaban J connectivity index is 1.76. The van der Waals surface area contributed by atoms with Gasteiger partial charge in [-0.25, -0.2) is 0 Å². The molecule has 0 aromatic heterocycles. The molecule has 2 aliphatic rings. The molecule has 5 nitrogen and oxygen atoms in total. The van der Waals surface area contributed by atoms with Crippen LogP contribution in [0.1, 0.15) is 50.8 Å². The van der Waals surface area contributed by atoms with Gasteiger partial charge in [0.15, 0.2) is 11.5 Å². The highest BCUT2D eigenvalue weighted by Crippen LogP contribution is 2.52. The van der Waals surface area contributed by atoms with E-state index in [-0.39, 0.29) is 17.4 Å². The maximum atomic E-state index is 12.6. The third-order valence-electron chi connectivity index (χ3n) is 6.45. The summed E-state index contributed by atoms with van der Waals surface area (Å²) in [5.41, 5.74) is 3.74. The minimum absolute atomic E-state index is 0.0708. The minimum atomic E-state index is -0.626. The lowest BCUT2D eigenvalue weighted by Gasteiger charge is -2.49. The summed E-state index contributed by atoms with van der Waals surface area (Å²) in [6.07, 6.45) is 4.77. The van der Waals surface area contributed by atoms with E-state index in [2.05, 4.69) is 61.3 Å². The molecule has 2 heterocycles. The molecule has 0 spiro atoms. The van der Waals surface area contributed by atoms with Gasteiger partial charge in [0.25, 0.3) is 0 Å². The smallest absolute Gasteiger partial charge is 0.223 e. The second kappa shape index (κ2) is 7.63. The van der Waals surface area contributed by atoms with E-state index in [1.54, 1.807) is 7.11 Å². The van der Waals surface area contributed by atoms with E-state index in [0.29, 0.717) is 18.7 Å². The molecule has 31 heavy (non-hydrogen) atoms. The van der Waals surface area contributed by atoms with Crippen molar-refractivity contribution < 1.29 is 14.3 Å². The average molecular weight is 421 g/mol. The standard InChI is InChI=1S/C26H32N2O3/c1-17(2)31-22-10-8-19(16-23(22)30-6)11-13-26-25(4,5)20-15-18(3)7-9-21(20)28(26)14-12-24(29)27-26/h7-11,13,15-17H,12,14H2,1-6H3,(H,27,29). The van der Waals surface area contributed by atoms with E-state index in [0.717, 1.165) is 11.3 Å². The molecule has 1 unspecified atom stereocenters. The molecular weight excluding hydrogens is 388 g/mol. The number of hydrogen-bond acceptors (Lipinski definition) is 4. The molecule has 0 saturated carbocycles. The summed E-state index contributed by atoms with van der Waals surface area (Å²) in [7, 11) is 1.65. The lowest BCUT2D eigenvalue weighted by Crippen LogP contribution is -2.68. The molecule has 0 aliphatic carbocycles. The molecule has 1 fully saturated rings. The Bertz CT molecular complexity index is 1040. The maximum Gasteiger partial charge on any atom is 0.223 e. The van der Waals surface area contributed by atoms with Crippen molar-refractivity contribution in [2.75, 3.05) is 18.6 Å². The number of aryl methyl sites for hydroxylation is 1. The van der Waals surface area contributed by atoms with Crippen molar-refractivity contribution in [3.8, 4) is 11.5 Å². The van der Waals surface area contributed by atoms with Gasteiger partial charge < -0.3 is 19.7 Å². The Labute approximate surface area is 185 Å². The monoisotopic (exact) mass is 420 g/mol. The van der Waals surface area contributed by atoms with Gasteiger partial charge in [-0.1, -0.05) is 43.7 Å². The number of amides is 1. The largest absolute Gasteiger partial charge is 0.493 e. The van der Waals surface area contributed by atoms with E-state index in [4.69, 9.17) is 9.47 Å². The predicted octanol–water partition coefficient (Wildman–Crippen LogP) is 4.82. The third kappa shape index (κ3) is 3.46. The second-order valence-electron chi connectivity index (χ2n) is 9.27. The number of fused-ring (bicyclic) bond motifs is 3.